The Morgan fingerprint density at radius 1 is 1.38 bits per heavy atom. The summed E-state index contributed by atoms with van der Waals surface area (Å²) in [5.74, 6) is -1.00. The molecule has 0 bridgehead atoms. The summed E-state index contributed by atoms with van der Waals surface area (Å²) < 4.78 is 53.5. The summed E-state index contributed by atoms with van der Waals surface area (Å²) in [6, 6.07) is 3.61. The normalized spacial score (nSPS) is 11.6. The van der Waals surface area contributed by atoms with E-state index in [1.54, 1.807) is 0 Å². The van der Waals surface area contributed by atoms with Gasteiger partial charge >= 0.3 is 11.9 Å². The molecule has 1 heterocycles. The molecule has 0 unspecified atom stereocenters. The summed E-state index contributed by atoms with van der Waals surface area (Å²) >= 11 is 5.80. The molecule has 0 atom stereocenters. The minimum Gasteiger partial charge on any atom is -0.292 e. The standard InChI is InChI=1S/C15H10ClF4N2O2/c1-3-4-8-9(16)5-6-10(13(8)17)22-12(23)7-11(15(18,19)20)21(2)14(22)24/h3,6-7H,1,4H2,2H3. The van der Waals surface area contributed by atoms with E-state index in [4.69, 9.17) is 11.6 Å². The zero-order valence-electron chi connectivity index (χ0n) is 12.2. The zero-order chi connectivity index (χ0) is 18.2. The first-order valence-corrected chi connectivity index (χ1v) is 6.87. The predicted molar refractivity (Wildman–Crippen MR) is 80.0 cm³/mol. The van der Waals surface area contributed by atoms with Crippen molar-refractivity contribution in [3.63, 3.8) is 0 Å². The van der Waals surface area contributed by atoms with E-state index in [2.05, 4.69) is 12.6 Å². The third-order valence-electron chi connectivity index (χ3n) is 3.29. The van der Waals surface area contributed by atoms with Gasteiger partial charge in [-0.1, -0.05) is 17.7 Å². The van der Waals surface area contributed by atoms with E-state index in [1.807, 2.05) is 0 Å². The minimum atomic E-state index is -4.90. The molecule has 24 heavy (non-hydrogen) atoms. The summed E-state index contributed by atoms with van der Waals surface area (Å²) in [7, 11) is 0.837. The van der Waals surface area contributed by atoms with Crippen molar-refractivity contribution in [3.05, 3.63) is 73.8 Å². The molecule has 9 heteroatoms. The average Bonchev–Trinajstić information content (AvgIpc) is 2.48. The van der Waals surface area contributed by atoms with Crippen molar-refractivity contribution in [2.24, 2.45) is 7.05 Å². The van der Waals surface area contributed by atoms with E-state index in [1.165, 1.54) is 6.08 Å². The average molecular weight is 362 g/mol. The molecule has 0 fully saturated rings. The van der Waals surface area contributed by atoms with Crippen LogP contribution in [0.15, 0.2) is 34.4 Å². The molecule has 0 saturated carbocycles. The quantitative estimate of drug-likeness (QED) is 0.623. The number of benzene rings is 1. The zero-order valence-corrected chi connectivity index (χ0v) is 13.0. The summed E-state index contributed by atoms with van der Waals surface area (Å²) in [4.78, 5) is 24.1. The number of halogens is 5. The molecule has 4 nitrogen and oxygen atoms in total. The van der Waals surface area contributed by atoms with Crippen LogP contribution in [0.2, 0.25) is 5.02 Å². The lowest BCUT2D eigenvalue weighted by Crippen LogP contribution is -2.41. The highest BCUT2D eigenvalue weighted by Crippen LogP contribution is 2.27. The first-order valence-electron chi connectivity index (χ1n) is 6.49. The van der Waals surface area contributed by atoms with Crippen molar-refractivity contribution in [2.45, 2.75) is 12.6 Å². The van der Waals surface area contributed by atoms with Gasteiger partial charge in [-0.3, -0.25) is 9.36 Å². The van der Waals surface area contributed by atoms with Gasteiger partial charge in [0.2, 0.25) is 0 Å². The maximum absolute atomic E-state index is 14.5. The molecule has 0 aliphatic carbocycles. The fourth-order valence-corrected chi connectivity index (χ4v) is 2.35. The first kappa shape index (κ1) is 18.0. The number of hydrogen-bond acceptors (Lipinski definition) is 2. The molecule has 127 valence electrons. The highest BCUT2D eigenvalue weighted by Gasteiger charge is 2.35. The summed E-state index contributed by atoms with van der Waals surface area (Å²) in [5.41, 5.74) is -4.69. The lowest BCUT2D eigenvalue weighted by molar-refractivity contribution is -0.144. The van der Waals surface area contributed by atoms with Gasteiger partial charge < -0.3 is 0 Å². The van der Waals surface area contributed by atoms with Crippen LogP contribution in [-0.2, 0) is 19.6 Å². The van der Waals surface area contributed by atoms with Gasteiger partial charge in [-0.05, 0) is 12.5 Å². The number of alkyl halides is 3. The van der Waals surface area contributed by atoms with Crippen LogP contribution in [0, 0.1) is 11.9 Å². The van der Waals surface area contributed by atoms with Crippen molar-refractivity contribution in [1.29, 1.82) is 0 Å². The van der Waals surface area contributed by atoms with Gasteiger partial charge in [0.25, 0.3) is 5.56 Å². The second-order valence-corrected chi connectivity index (χ2v) is 5.19. The summed E-state index contributed by atoms with van der Waals surface area (Å²) in [5, 5.41) is -0.0760. The third kappa shape index (κ3) is 3.01. The van der Waals surface area contributed by atoms with Crippen molar-refractivity contribution < 1.29 is 17.6 Å². The van der Waals surface area contributed by atoms with E-state index < -0.39 is 34.6 Å². The van der Waals surface area contributed by atoms with Gasteiger partial charge in [-0.25, -0.2) is 13.8 Å². The largest absolute Gasteiger partial charge is 0.431 e. The van der Waals surface area contributed by atoms with E-state index in [9.17, 15) is 27.2 Å². The Morgan fingerprint density at radius 2 is 2.00 bits per heavy atom. The molecule has 0 N–H and O–H groups in total. The van der Waals surface area contributed by atoms with Crippen molar-refractivity contribution in [2.75, 3.05) is 0 Å². The summed E-state index contributed by atoms with van der Waals surface area (Å²) in [6.07, 6.45) is -3.56. The molecular formula is C15H10ClF4N2O2. The topological polar surface area (TPSA) is 44.0 Å². The predicted octanol–water partition coefficient (Wildman–Crippen LogP) is 2.88. The highest BCUT2D eigenvalue weighted by atomic mass is 35.5. The number of rotatable bonds is 3. The Bertz CT molecular complexity index is 929. The van der Waals surface area contributed by atoms with E-state index in [-0.39, 0.29) is 27.6 Å². The van der Waals surface area contributed by atoms with E-state index in [0.29, 0.717) is 4.57 Å². The van der Waals surface area contributed by atoms with Crippen LogP contribution in [0.1, 0.15) is 11.3 Å². The van der Waals surface area contributed by atoms with Gasteiger partial charge in [0, 0.05) is 24.7 Å². The lowest BCUT2D eigenvalue weighted by atomic mass is 10.1. The molecule has 0 aliphatic rings. The molecule has 0 aliphatic heterocycles. The second kappa shape index (κ2) is 6.27. The van der Waals surface area contributed by atoms with Gasteiger partial charge in [-0.2, -0.15) is 13.2 Å². The van der Waals surface area contributed by atoms with Gasteiger partial charge in [0.1, 0.15) is 5.69 Å². The molecule has 2 aromatic rings. The molecule has 2 rings (SSSR count). The van der Waals surface area contributed by atoms with Crippen molar-refractivity contribution >= 4 is 11.6 Å². The SMILES string of the molecule is C=CCc1c(Cl)[c]cc(-n2c(=O)cc(C(F)(F)F)n(C)c2=O)c1F. The van der Waals surface area contributed by atoms with Crippen molar-refractivity contribution in [1.82, 2.24) is 9.13 Å². The van der Waals surface area contributed by atoms with Crippen LogP contribution in [-0.4, -0.2) is 9.13 Å². The monoisotopic (exact) mass is 361 g/mol. The fourth-order valence-electron chi connectivity index (χ4n) is 2.14. The lowest BCUT2D eigenvalue weighted by Gasteiger charge is -2.15. The molecular weight excluding hydrogens is 352 g/mol. The van der Waals surface area contributed by atoms with Gasteiger partial charge in [0.05, 0.1) is 10.7 Å². The van der Waals surface area contributed by atoms with Crippen LogP contribution in [0.25, 0.3) is 5.69 Å². The Hall–Kier alpha value is -2.35. The van der Waals surface area contributed by atoms with Gasteiger partial charge in [-0.15, -0.1) is 6.58 Å². The van der Waals surface area contributed by atoms with Crippen LogP contribution in [0.4, 0.5) is 17.6 Å². The van der Waals surface area contributed by atoms with Crippen LogP contribution in [0.5, 0.6) is 0 Å². The number of allylic oxidation sites excluding steroid dienone is 1. The molecule has 1 aromatic heterocycles. The molecule has 0 amide bonds. The maximum Gasteiger partial charge on any atom is 0.431 e. The van der Waals surface area contributed by atoms with E-state index in [0.717, 1.165) is 13.1 Å². The number of hydrogen-bond donors (Lipinski definition) is 0. The Morgan fingerprint density at radius 3 is 2.54 bits per heavy atom. The Balaban J connectivity index is 2.83. The second-order valence-electron chi connectivity index (χ2n) is 4.82. The Kier molecular flexibility index (Phi) is 4.70. The first-order chi connectivity index (χ1) is 11.1. The van der Waals surface area contributed by atoms with Crippen LogP contribution in [0.3, 0.4) is 0 Å². The molecule has 1 aromatic carbocycles. The number of aromatic nitrogens is 2. The van der Waals surface area contributed by atoms with Gasteiger partial charge in [0.15, 0.2) is 5.82 Å². The summed E-state index contributed by atoms with van der Waals surface area (Å²) in [6.45, 7) is 3.43. The highest BCUT2D eigenvalue weighted by molar-refractivity contribution is 6.31. The fraction of sp³-hybridized carbons (Fsp3) is 0.200. The third-order valence-corrected chi connectivity index (χ3v) is 3.63. The molecule has 0 spiro atoms. The van der Waals surface area contributed by atoms with E-state index >= 15 is 0 Å². The maximum atomic E-state index is 14.5. The molecule has 0 saturated heterocycles. The smallest absolute Gasteiger partial charge is 0.292 e. The van der Waals surface area contributed by atoms with Crippen LogP contribution >= 0.6 is 11.6 Å². The Labute approximate surface area is 138 Å². The molecule has 1 radical (unpaired) electrons. The van der Waals surface area contributed by atoms with Crippen LogP contribution < -0.4 is 11.2 Å². The minimum absolute atomic E-state index is 0.00922. The van der Waals surface area contributed by atoms with Crippen molar-refractivity contribution in [3.8, 4) is 5.69 Å². The number of nitrogens with zero attached hydrogens (tertiary/aromatic N) is 2.